The summed E-state index contributed by atoms with van der Waals surface area (Å²) in [5.41, 5.74) is 10.7. The summed E-state index contributed by atoms with van der Waals surface area (Å²) in [5.74, 6) is -3.78. The number of methoxy groups -OCH3 is 1. The van der Waals surface area contributed by atoms with Gasteiger partial charge in [-0.2, -0.15) is 0 Å². The number of nitrogens with one attached hydrogen (secondary N) is 6. The van der Waals surface area contributed by atoms with Crippen molar-refractivity contribution >= 4 is 76.0 Å². The molecule has 1 saturated carbocycles. The molecule has 10 rings (SSSR count). The lowest BCUT2D eigenvalue weighted by molar-refractivity contribution is -0.188. The number of aromatic nitrogens is 5. The summed E-state index contributed by atoms with van der Waals surface area (Å²) < 4.78 is 68.4. The molecular formula is C87H119N13O24. The van der Waals surface area contributed by atoms with Crippen LogP contribution in [0.2, 0.25) is 0 Å². The summed E-state index contributed by atoms with van der Waals surface area (Å²) in [6, 6.07) is 21.4. The highest BCUT2D eigenvalue weighted by molar-refractivity contribution is 6.03. The van der Waals surface area contributed by atoms with Crippen molar-refractivity contribution < 1.29 is 110 Å². The van der Waals surface area contributed by atoms with Gasteiger partial charge < -0.3 is 104 Å². The predicted octanol–water partition coefficient (Wildman–Crippen LogP) is 4.16. The Kier molecular flexibility index (Phi) is 40.3. The fraction of sp³-hybridized carbons (Fsp3) is 0.563. The molecule has 2 fully saturated rings. The Morgan fingerprint density at radius 2 is 1.31 bits per heavy atom. The van der Waals surface area contributed by atoms with Gasteiger partial charge in [-0.3, -0.25) is 48.1 Å². The van der Waals surface area contributed by atoms with Gasteiger partial charge in [-0.15, -0.1) is 5.10 Å². The molecule has 124 heavy (non-hydrogen) atoms. The molecule has 4 aliphatic rings. The van der Waals surface area contributed by atoms with Crippen molar-refractivity contribution in [2.24, 2.45) is 23.5 Å². The number of rotatable bonds is 53. The number of esters is 2. The van der Waals surface area contributed by atoms with Crippen LogP contribution in [-0.2, 0) is 151 Å². The first-order valence-corrected chi connectivity index (χ1v) is 42.5. The van der Waals surface area contributed by atoms with Crippen LogP contribution < -0.4 is 43.2 Å². The third-order valence-corrected chi connectivity index (χ3v) is 21.4. The van der Waals surface area contributed by atoms with E-state index in [4.69, 9.17) is 62.8 Å². The number of anilines is 1. The number of cyclic esters (lactones) is 1. The summed E-state index contributed by atoms with van der Waals surface area (Å²) in [6.45, 7) is 14.4. The molecule has 37 heteroatoms. The summed E-state index contributed by atoms with van der Waals surface area (Å²) >= 11 is 0. The first-order valence-electron chi connectivity index (χ1n) is 42.5. The van der Waals surface area contributed by atoms with E-state index in [1.54, 1.807) is 53.6 Å². The van der Waals surface area contributed by atoms with Gasteiger partial charge in [-0.05, 0) is 130 Å². The topological polar surface area (TPSA) is 469 Å². The van der Waals surface area contributed by atoms with Crippen molar-refractivity contribution in [3.8, 4) is 17.1 Å². The maximum absolute atomic E-state index is 13.7. The molecule has 6 aromatic rings. The molecule has 0 radical (unpaired) electrons. The number of unbranched alkanes of at least 4 members (excludes halogenated alkanes) is 1. The molecule has 1 saturated heterocycles. The molecule has 37 nitrogen and oxygen atoms in total. The average Bonchev–Trinajstić information content (AvgIpc) is 1.70. The smallest absolute Gasteiger partial charge is 0.407 e. The van der Waals surface area contributed by atoms with Crippen LogP contribution in [0.1, 0.15) is 125 Å². The van der Waals surface area contributed by atoms with Crippen LogP contribution in [0.4, 0.5) is 10.5 Å². The highest BCUT2D eigenvalue weighted by Crippen LogP contribution is 2.43. The molecular weight excluding hydrogens is 1610 g/mol. The van der Waals surface area contributed by atoms with E-state index >= 15 is 0 Å². The van der Waals surface area contributed by atoms with Crippen molar-refractivity contribution in [2.75, 3.05) is 158 Å². The number of imide groups is 1. The number of alkyl carbamates (subject to hydrolysis) is 1. The Morgan fingerprint density at radius 1 is 0.669 bits per heavy atom. The lowest BCUT2D eigenvalue weighted by Gasteiger charge is -2.35. The van der Waals surface area contributed by atoms with Crippen LogP contribution in [0.3, 0.4) is 0 Å². The molecule has 6 heterocycles. The van der Waals surface area contributed by atoms with Crippen molar-refractivity contribution in [1.82, 2.24) is 56.0 Å². The number of pyridine rings is 2. The molecule has 9 N–H and O–H groups in total. The zero-order valence-electron chi connectivity index (χ0n) is 71.4. The van der Waals surface area contributed by atoms with Crippen LogP contribution in [0, 0.1) is 17.8 Å². The van der Waals surface area contributed by atoms with Gasteiger partial charge in [0, 0.05) is 60.0 Å². The molecule has 1 unspecified atom stereocenters. The highest BCUT2D eigenvalue weighted by Gasteiger charge is 2.51. The van der Waals surface area contributed by atoms with E-state index in [1.165, 1.54) is 4.90 Å². The quantitative estimate of drug-likeness (QED) is 0.0115. The second kappa shape index (κ2) is 51.5. The van der Waals surface area contributed by atoms with Gasteiger partial charge >= 0.3 is 18.0 Å². The van der Waals surface area contributed by atoms with Crippen LogP contribution in [0.25, 0.3) is 22.3 Å². The standard InChI is InChI=1S/C61H94N10O16.C26H25N3O8/c1-3-47-14-18-51(19-15-47)65-59(76)53(11-7-8-20-62)67-60(77)54(40-48-9-5-4-6-10-48)66-56(73)45-87-44-55(72)63-21-23-79-25-27-81-29-31-83-33-35-85-37-38-86-36-34-84-32-30-82-28-26-80-24-22-70-43-52(68-69-70)41-64-58(75)50-16-12-49(13-17-50)42-71-57(74)39-46(2)61(71)78;1-4-14-15-8-13(30)6-7-19(15)28-22-16(14)11-29-20(22)9-18-17(23(29)32)12-36-24(33)26(18,5-2)37-21(31)10-27-25(34)35-3/h4-6,9-10,14-15,18-19,43,46,49-50,53-54H,3,7-8,11-13,16-17,20-42,44-45,62H2,1-2H3,(H,63,72)(H,64,75)(H,65,76)(H,66,73)(H,67,77);6-9,30H,4-5,10-12H2,1-3H3,(H,27,34)/t46?,49?,50?,53-,54-;26-/m00/s1. The SMILES string of the molecule is CCc1c2c(nc3ccc(O)cc13)-c1cc3c(c(=O)n1C2)COC(=O)[C@@]3(CC)OC(=O)CNC(=O)OC.CCc1ccc(NC(=O)[C@H](CCCCN)NC(=O)[C@H](Cc2ccccc2)NC(=O)COCC(=O)NCCOCCOCCOCCOCCOCCOCCOCCOCCn2cc(CNC(=O)C3CCC(CN4C(=O)CC(C)C4=O)CC3)nn2)cc1. The molecule has 4 atom stereocenters. The lowest BCUT2D eigenvalue weighted by atomic mass is 9.81. The second-order valence-electron chi connectivity index (χ2n) is 30.2. The molecule has 0 spiro atoms. The van der Waals surface area contributed by atoms with Crippen LogP contribution >= 0.6 is 0 Å². The zero-order chi connectivity index (χ0) is 88.6. The Bertz CT molecular complexity index is 4540. The molecule has 3 aromatic heterocycles. The summed E-state index contributed by atoms with van der Waals surface area (Å²) in [6.07, 6.45) is 7.65. The second-order valence-corrected chi connectivity index (χ2v) is 30.2. The minimum absolute atomic E-state index is 0.00316. The fourth-order valence-corrected chi connectivity index (χ4v) is 14.6. The summed E-state index contributed by atoms with van der Waals surface area (Å²) in [5, 5.41) is 35.4. The van der Waals surface area contributed by atoms with E-state index in [1.807, 2.05) is 68.4 Å². The number of carbonyl (C=O) groups excluding carboxylic acids is 10. The first-order chi connectivity index (χ1) is 60.1. The lowest BCUT2D eigenvalue weighted by Crippen LogP contribution is -2.54. The number of hydrogen-bond acceptors (Lipinski definition) is 28. The largest absolute Gasteiger partial charge is 0.508 e. The number of fused-ring (bicyclic) bond motifs is 5. The maximum Gasteiger partial charge on any atom is 0.407 e. The first kappa shape index (κ1) is 97.1. The number of hydrogen-bond donors (Lipinski definition) is 8. The van der Waals surface area contributed by atoms with Crippen LogP contribution in [0.5, 0.6) is 5.75 Å². The Labute approximate surface area is 720 Å². The highest BCUT2D eigenvalue weighted by atomic mass is 16.6. The molecule has 3 aromatic carbocycles. The van der Waals surface area contributed by atoms with Gasteiger partial charge in [0.1, 0.15) is 49.9 Å². The molecule has 8 amide bonds. The number of benzene rings is 3. The number of amides is 8. The Morgan fingerprint density at radius 3 is 1.91 bits per heavy atom. The van der Waals surface area contributed by atoms with Crippen molar-refractivity contribution in [3.05, 3.63) is 134 Å². The number of phenols is 1. The number of carbonyl (C=O) groups is 10. The minimum Gasteiger partial charge on any atom is -0.508 e. The van der Waals surface area contributed by atoms with Gasteiger partial charge in [-0.1, -0.05) is 75.4 Å². The van der Waals surface area contributed by atoms with E-state index in [9.17, 15) is 57.8 Å². The van der Waals surface area contributed by atoms with Crippen molar-refractivity contribution in [2.45, 2.75) is 149 Å². The van der Waals surface area contributed by atoms with Gasteiger partial charge in [0.2, 0.25) is 47.0 Å². The molecule has 1 aliphatic carbocycles. The number of aryl methyl sites for hydroxylation is 2. The van der Waals surface area contributed by atoms with E-state index in [0.717, 1.165) is 66.9 Å². The number of nitrogens with zero attached hydrogens (tertiary/aromatic N) is 6. The van der Waals surface area contributed by atoms with E-state index in [-0.39, 0.29) is 116 Å². The summed E-state index contributed by atoms with van der Waals surface area (Å²) in [7, 11) is 1.15. The number of ether oxygens (including phenoxy) is 12. The zero-order valence-corrected chi connectivity index (χ0v) is 71.4. The van der Waals surface area contributed by atoms with Crippen LogP contribution in [0.15, 0.2) is 89.9 Å². The molecule has 0 bridgehead atoms. The van der Waals surface area contributed by atoms with Crippen molar-refractivity contribution in [1.29, 1.82) is 0 Å². The van der Waals surface area contributed by atoms with Gasteiger partial charge in [-0.25, -0.2) is 19.3 Å². The van der Waals surface area contributed by atoms with Gasteiger partial charge in [0.15, 0.2) is 0 Å². The van der Waals surface area contributed by atoms with E-state index in [0.29, 0.717) is 179 Å². The monoisotopic (exact) mass is 1730 g/mol. The number of nitrogens with two attached hydrogens (primary N) is 1. The average molecular weight is 1730 g/mol. The normalized spacial score (nSPS) is 16.8. The van der Waals surface area contributed by atoms with E-state index in [2.05, 4.69) is 46.9 Å². The summed E-state index contributed by atoms with van der Waals surface area (Å²) in [4.78, 5) is 147. The fourth-order valence-electron chi connectivity index (χ4n) is 14.6. The maximum atomic E-state index is 13.7. The Hall–Kier alpha value is -10.7. The van der Waals surface area contributed by atoms with E-state index < -0.39 is 66.6 Å². The number of likely N-dealkylation sites (tertiary alicyclic amines) is 1. The predicted molar refractivity (Wildman–Crippen MR) is 449 cm³/mol. The third kappa shape index (κ3) is 29.7. The molecule has 3 aliphatic heterocycles. The van der Waals surface area contributed by atoms with Gasteiger partial charge in [0.25, 0.3) is 5.56 Å². The third-order valence-electron chi connectivity index (χ3n) is 21.4. The van der Waals surface area contributed by atoms with Gasteiger partial charge in [0.05, 0.1) is 161 Å². The minimum atomic E-state index is -1.86. The Balaban J connectivity index is 0.000000387. The number of aromatic hydroxyl groups is 1. The number of phenolic OH excluding ortho intramolecular Hbond substituents is 1. The van der Waals surface area contributed by atoms with Crippen LogP contribution in [-0.4, -0.2) is 258 Å². The van der Waals surface area contributed by atoms with Crippen molar-refractivity contribution in [3.63, 3.8) is 0 Å². The molecule has 676 valence electrons.